The van der Waals surface area contributed by atoms with E-state index in [-0.39, 0.29) is 29.8 Å². The van der Waals surface area contributed by atoms with Crippen LogP contribution in [0.3, 0.4) is 0 Å². The van der Waals surface area contributed by atoms with E-state index >= 15 is 0 Å². The lowest BCUT2D eigenvalue weighted by Crippen LogP contribution is -2.50. The summed E-state index contributed by atoms with van der Waals surface area (Å²) in [6.07, 6.45) is 4.04. The van der Waals surface area contributed by atoms with Crippen LogP contribution in [0.5, 0.6) is 0 Å². The van der Waals surface area contributed by atoms with Crippen LogP contribution >= 0.6 is 0 Å². The first kappa shape index (κ1) is 20.5. The van der Waals surface area contributed by atoms with Crippen LogP contribution in [0.2, 0.25) is 0 Å². The maximum atomic E-state index is 13.1. The quantitative estimate of drug-likeness (QED) is 0.725. The molecule has 7 nitrogen and oxygen atoms in total. The minimum Gasteiger partial charge on any atom is -0.341 e. The van der Waals surface area contributed by atoms with E-state index in [2.05, 4.69) is 28.1 Å². The van der Waals surface area contributed by atoms with Gasteiger partial charge in [-0.2, -0.15) is 0 Å². The summed E-state index contributed by atoms with van der Waals surface area (Å²) >= 11 is 0. The van der Waals surface area contributed by atoms with Crippen molar-refractivity contribution in [2.45, 2.75) is 45.2 Å². The van der Waals surface area contributed by atoms with E-state index in [0.717, 1.165) is 29.8 Å². The molecule has 7 heteroatoms. The summed E-state index contributed by atoms with van der Waals surface area (Å²) in [4.78, 5) is 32.1. The fraction of sp³-hybridized carbons (Fsp3) is 0.435. The smallest absolute Gasteiger partial charge is 0.241 e. The van der Waals surface area contributed by atoms with Gasteiger partial charge in [0.1, 0.15) is 6.04 Å². The third-order valence-corrected chi connectivity index (χ3v) is 6.12. The minimum atomic E-state index is -0.307. The van der Waals surface area contributed by atoms with E-state index in [1.54, 1.807) is 6.20 Å². The zero-order valence-electron chi connectivity index (χ0n) is 17.5. The summed E-state index contributed by atoms with van der Waals surface area (Å²) < 4.78 is 0. The number of hydrogen-bond donors (Lipinski definition) is 3. The number of anilines is 1. The molecule has 3 atom stereocenters. The molecule has 2 aliphatic rings. The molecule has 30 heavy (non-hydrogen) atoms. The van der Waals surface area contributed by atoms with Crippen molar-refractivity contribution in [3.63, 3.8) is 0 Å². The summed E-state index contributed by atoms with van der Waals surface area (Å²) in [6.45, 7) is 5.24. The van der Waals surface area contributed by atoms with E-state index in [9.17, 15) is 9.59 Å². The molecule has 3 N–H and O–H groups in total. The monoisotopic (exact) mass is 407 g/mol. The Bertz CT molecular complexity index is 917. The lowest BCUT2D eigenvalue weighted by Gasteiger charge is -2.33. The van der Waals surface area contributed by atoms with Gasteiger partial charge in [-0.15, -0.1) is 0 Å². The zero-order chi connectivity index (χ0) is 21.1. The third-order valence-electron chi connectivity index (χ3n) is 6.12. The summed E-state index contributed by atoms with van der Waals surface area (Å²) in [5.41, 5.74) is 10.4. The first-order valence-corrected chi connectivity index (χ1v) is 10.6. The highest BCUT2D eigenvalue weighted by atomic mass is 16.2. The fourth-order valence-electron chi connectivity index (χ4n) is 4.17. The molecule has 2 amide bonds. The van der Waals surface area contributed by atoms with Crippen molar-refractivity contribution in [1.82, 2.24) is 20.7 Å². The van der Waals surface area contributed by atoms with Gasteiger partial charge in [0, 0.05) is 25.0 Å². The number of nitrogens with zero attached hydrogens (tertiary/aromatic N) is 2. The fourth-order valence-corrected chi connectivity index (χ4v) is 4.17. The van der Waals surface area contributed by atoms with Gasteiger partial charge in [0.25, 0.3) is 0 Å². The van der Waals surface area contributed by atoms with Crippen LogP contribution in [-0.2, 0) is 9.59 Å². The molecule has 4 rings (SSSR count). The van der Waals surface area contributed by atoms with Crippen LogP contribution in [0.25, 0.3) is 0 Å². The van der Waals surface area contributed by atoms with Crippen molar-refractivity contribution >= 4 is 17.5 Å². The Hall–Kier alpha value is -2.77. The molecule has 0 bridgehead atoms. The van der Waals surface area contributed by atoms with Crippen molar-refractivity contribution in [2.75, 3.05) is 18.4 Å². The Morgan fingerprint density at radius 1 is 1.13 bits per heavy atom. The molecular formula is C23H29N5O2. The Morgan fingerprint density at radius 3 is 2.77 bits per heavy atom. The molecule has 3 unspecified atom stereocenters. The molecule has 2 aromatic rings. The summed E-state index contributed by atoms with van der Waals surface area (Å²) in [5, 5.41) is 3.02. The van der Waals surface area contributed by atoms with Crippen LogP contribution in [0.4, 0.5) is 5.69 Å². The molecular weight excluding hydrogens is 378 g/mol. The second-order valence-electron chi connectivity index (χ2n) is 8.30. The normalized spacial score (nSPS) is 23.9. The average Bonchev–Trinajstić information content (AvgIpc) is 3.27. The maximum absolute atomic E-state index is 13.1. The molecule has 2 aliphatic heterocycles. The highest BCUT2D eigenvalue weighted by Gasteiger charge is 2.36. The Labute approximate surface area is 177 Å². The number of amides is 2. The highest BCUT2D eigenvalue weighted by Crippen LogP contribution is 2.24. The van der Waals surface area contributed by atoms with Gasteiger partial charge in [-0.25, -0.2) is 10.9 Å². The number of carbonyl (C=O) groups is 2. The van der Waals surface area contributed by atoms with E-state index in [0.29, 0.717) is 19.5 Å². The Balaban J connectivity index is 1.34. The van der Waals surface area contributed by atoms with Crippen molar-refractivity contribution in [1.29, 1.82) is 0 Å². The number of pyridine rings is 1. The van der Waals surface area contributed by atoms with Crippen LogP contribution in [0.15, 0.2) is 42.6 Å². The van der Waals surface area contributed by atoms with Gasteiger partial charge in [-0.05, 0) is 68.5 Å². The molecule has 158 valence electrons. The first-order chi connectivity index (χ1) is 14.5. The molecule has 0 aliphatic carbocycles. The number of piperidine rings is 1. The highest BCUT2D eigenvalue weighted by molar-refractivity contribution is 5.93. The van der Waals surface area contributed by atoms with Gasteiger partial charge < -0.3 is 10.2 Å². The molecule has 1 aromatic carbocycles. The average molecular weight is 408 g/mol. The number of aromatic nitrogens is 1. The zero-order valence-corrected chi connectivity index (χ0v) is 17.5. The standard InChI is InChI=1S/C23H29N5O2/c1-15-8-9-18(12-16(15)2)25-22(29)17-6-5-11-28(14-17)23(30)21-13-20(26-27-21)19-7-3-4-10-24-19/h3-4,7-10,12,17,20-21,26-27H,5-6,11,13-14H2,1-2H3,(H,25,29). The molecule has 2 saturated heterocycles. The molecule has 2 fully saturated rings. The molecule has 1 aromatic heterocycles. The largest absolute Gasteiger partial charge is 0.341 e. The van der Waals surface area contributed by atoms with Gasteiger partial charge >= 0.3 is 0 Å². The SMILES string of the molecule is Cc1ccc(NC(=O)C2CCCN(C(=O)C3CC(c4ccccn4)NN3)C2)cc1C. The molecule has 0 saturated carbocycles. The Kier molecular flexibility index (Phi) is 6.11. The minimum absolute atomic E-state index is 0.00816. The van der Waals surface area contributed by atoms with Gasteiger partial charge in [0.2, 0.25) is 11.8 Å². The second kappa shape index (κ2) is 8.93. The third kappa shape index (κ3) is 4.52. The maximum Gasteiger partial charge on any atom is 0.241 e. The summed E-state index contributed by atoms with van der Waals surface area (Å²) in [6, 6.07) is 11.4. The van der Waals surface area contributed by atoms with Crippen molar-refractivity contribution < 1.29 is 9.59 Å². The number of carbonyl (C=O) groups excluding carboxylic acids is 2. The number of rotatable bonds is 4. The van der Waals surface area contributed by atoms with Crippen molar-refractivity contribution in [3.05, 3.63) is 59.4 Å². The molecule has 0 radical (unpaired) electrons. The number of aryl methyl sites for hydroxylation is 2. The van der Waals surface area contributed by atoms with Gasteiger partial charge in [-0.3, -0.25) is 14.6 Å². The lowest BCUT2D eigenvalue weighted by atomic mass is 9.95. The number of benzene rings is 1. The lowest BCUT2D eigenvalue weighted by molar-refractivity contribution is -0.136. The predicted molar refractivity (Wildman–Crippen MR) is 116 cm³/mol. The van der Waals surface area contributed by atoms with Gasteiger partial charge in [0.05, 0.1) is 17.7 Å². The van der Waals surface area contributed by atoms with Crippen molar-refractivity contribution in [2.24, 2.45) is 5.92 Å². The summed E-state index contributed by atoms with van der Waals surface area (Å²) in [7, 11) is 0. The van der Waals surface area contributed by atoms with Crippen molar-refractivity contribution in [3.8, 4) is 0 Å². The van der Waals surface area contributed by atoms with E-state index < -0.39 is 0 Å². The number of nitrogens with one attached hydrogen (secondary N) is 3. The van der Waals surface area contributed by atoms with Crippen LogP contribution in [0, 0.1) is 19.8 Å². The number of hydrazine groups is 1. The van der Waals surface area contributed by atoms with Crippen LogP contribution < -0.4 is 16.2 Å². The first-order valence-electron chi connectivity index (χ1n) is 10.6. The predicted octanol–water partition coefficient (Wildman–Crippen LogP) is 2.48. The van der Waals surface area contributed by atoms with Gasteiger partial charge in [0.15, 0.2) is 0 Å². The van der Waals surface area contributed by atoms with Crippen LogP contribution in [0.1, 0.15) is 42.1 Å². The number of likely N-dealkylation sites (tertiary alicyclic amines) is 1. The van der Waals surface area contributed by atoms with E-state index in [4.69, 9.17) is 0 Å². The topological polar surface area (TPSA) is 86.4 Å². The van der Waals surface area contributed by atoms with Gasteiger partial charge in [-0.1, -0.05) is 12.1 Å². The Morgan fingerprint density at radius 2 is 2.00 bits per heavy atom. The number of hydrogen-bond acceptors (Lipinski definition) is 5. The molecule has 3 heterocycles. The van der Waals surface area contributed by atoms with E-state index in [1.165, 1.54) is 5.56 Å². The second-order valence-corrected chi connectivity index (χ2v) is 8.30. The van der Waals surface area contributed by atoms with E-state index in [1.807, 2.05) is 48.2 Å². The molecule has 0 spiro atoms. The summed E-state index contributed by atoms with van der Waals surface area (Å²) in [5.74, 6) is -0.158. The van der Waals surface area contributed by atoms with Crippen LogP contribution in [-0.4, -0.2) is 40.8 Å².